The summed E-state index contributed by atoms with van der Waals surface area (Å²) in [5.41, 5.74) is 4.31. The molecule has 28 heavy (non-hydrogen) atoms. The molecule has 0 fully saturated rings. The Morgan fingerprint density at radius 1 is 1.11 bits per heavy atom. The summed E-state index contributed by atoms with van der Waals surface area (Å²) in [5.74, 6) is 0.0377. The number of hydrogen-bond acceptors (Lipinski definition) is 3. The Labute approximate surface area is 166 Å². The van der Waals surface area contributed by atoms with Gasteiger partial charge in [0.25, 0.3) is 0 Å². The average Bonchev–Trinajstić information content (AvgIpc) is 3.34. The Morgan fingerprint density at radius 3 is 2.75 bits per heavy atom. The lowest BCUT2D eigenvalue weighted by atomic mass is 9.92. The van der Waals surface area contributed by atoms with Crippen LogP contribution in [0.5, 0.6) is 0 Å². The molecule has 3 aromatic rings. The van der Waals surface area contributed by atoms with Crippen LogP contribution in [0, 0.1) is 5.82 Å². The van der Waals surface area contributed by atoms with Crippen molar-refractivity contribution in [3.63, 3.8) is 0 Å². The van der Waals surface area contributed by atoms with Crippen molar-refractivity contribution in [1.82, 2.24) is 4.98 Å². The van der Waals surface area contributed by atoms with Crippen LogP contribution in [0.3, 0.4) is 0 Å². The third kappa shape index (κ3) is 3.10. The number of thiophene rings is 1. The molecular formula is C23H18F2N2S. The predicted molar refractivity (Wildman–Crippen MR) is 111 cm³/mol. The summed E-state index contributed by atoms with van der Waals surface area (Å²) in [5, 5.41) is 1.09. The largest absolute Gasteiger partial charge is 0.288 e. The average molecular weight is 392 g/mol. The number of pyridine rings is 1. The highest BCUT2D eigenvalue weighted by Crippen LogP contribution is 2.40. The van der Waals surface area contributed by atoms with E-state index in [4.69, 9.17) is 4.99 Å². The molecule has 1 aromatic carbocycles. The molecule has 0 saturated heterocycles. The quantitative estimate of drug-likeness (QED) is 0.529. The van der Waals surface area contributed by atoms with Crippen molar-refractivity contribution in [3.05, 3.63) is 82.6 Å². The number of rotatable bonds is 3. The van der Waals surface area contributed by atoms with Crippen molar-refractivity contribution in [2.24, 2.45) is 4.99 Å². The zero-order valence-corrected chi connectivity index (χ0v) is 15.9. The minimum Gasteiger partial charge on any atom is -0.288 e. The molecule has 140 valence electrons. The number of fused-ring (bicyclic) bond motifs is 1. The van der Waals surface area contributed by atoms with E-state index >= 15 is 0 Å². The van der Waals surface area contributed by atoms with Crippen molar-refractivity contribution < 1.29 is 8.78 Å². The van der Waals surface area contributed by atoms with E-state index in [0.29, 0.717) is 13.0 Å². The van der Waals surface area contributed by atoms with Crippen LogP contribution in [0.25, 0.3) is 15.8 Å². The summed E-state index contributed by atoms with van der Waals surface area (Å²) in [6, 6.07) is 10.7. The summed E-state index contributed by atoms with van der Waals surface area (Å²) in [7, 11) is 0. The molecular weight excluding hydrogens is 374 g/mol. The predicted octanol–water partition coefficient (Wildman–Crippen LogP) is 6.09. The Balaban J connectivity index is 1.53. The highest BCUT2D eigenvalue weighted by Gasteiger charge is 2.27. The summed E-state index contributed by atoms with van der Waals surface area (Å²) in [4.78, 5) is 11.4. The molecule has 2 aromatic heterocycles. The molecule has 0 radical (unpaired) electrons. The fraction of sp³-hybridized carbons (Fsp3) is 0.217. The van der Waals surface area contributed by atoms with Gasteiger partial charge in [0.05, 0.1) is 10.6 Å². The number of allylic oxidation sites excluding steroid dienone is 4. The molecule has 3 heterocycles. The van der Waals surface area contributed by atoms with Crippen LogP contribution in [0.4, 0.5) is 8.78 Å². The van der Waals surface area contributed by atoms with Crippen LogP contribution in [-0.2, 0) is 0 Å². The van der Waals surface area contributed by atoms with Gasteiger partial charge in [0, 0.05) is 36.0 Å². The molecule has 1 aliphatic heterocycles. The number of hydrogen-bond donors (Lipinski definition) is 0. The fourth-order valence-electron chi connectivity index (χ4n) is 3.91. The van der Waals surface area contributed by atoms with Gasteiger partial charge in [-0.3, -0.25) is 4.99 Å². The van der Waals surface area contributed by atoms with Crippen LogP contribution in [0.15, 0.2) is 65.8 Å². The fourth-order valence-corrected chi connectivity index (χ4v) is 5.09. The topological polar surface area (TPSA) is 25.2 Å². The van der Waals surface area contributed by atoms with Gasteiger partial charge in [-0.1, -0.05) is 24.3 Å². The Kier molecular flexibility index (Phi) is 4.40. The van der Waals surface area contributed by atoms with E-state index in [-0.39, 0.29) is 11.7 Å². The monoisotopic (exact) mass is 392 g/mol. The summed E-state index contributed by atoms with van der Waals surface area (Å²) >= 11 is 1.64. The first-order chi connectivity index (χ1) is 13.7. The van der Waals surface area contributed by atoms with Crippen molar-refractivity contribution in [1.29, 1.82) is 0 Å². The van der Waals surface area contributed by atoms with Gasteiger partial charge < -0.3 is 0 Å². The van der Waals surface area contributed by atoms with E-state index < -0.39 is 6.17 Å². The normalized spacial score (nSPS) is 21.8. The SMILES string of the molecule is Fc1ccc(C2CN=C(c3sc4ncccc4c3C3=CCC(F)C=C3)C2)cc1. The van der Waals surface area contributed by atoms with Crippen LogP contribution in [0.2, 0.25) is 0 Å². The van der Waals surface area contributed by atoms with Gasteiger partial charge in [0.15, 0.2) is 0 Å². The third-order valence-electron chi connectivity index (χ3n) is 5.35. The van der Waals surface area contributed by atoms with E-state index in [2.05, 4.69) is 11.1 Å². The van der Waals surface area contributed by atoms with Crippen LogP contribution >= 0.6 is 11.3 Å². The number of nitrogens with zero attached hydrogens (tertiary/aromatic N) is 2. The van der Waals surface area contributed by atoms with Gasteiger partial charge in [-0.15, -0.1) is 11.3 Å². The maximum absolute atomic E-state index is 13.6. The van der Waals surface area contributed by atoms with Crippen molar-refractivity contribution in [2.75, 3.05) is 6.54 Å². The van der Waals surface area contributed by atoms with Gasteiger partial charge in [-0.05, 0) is 47.9 Å². The van der Waals surface area contributed by atoms with Crippen molar-refractivity contribution >= 4 is 32.8 Å². The number of aliphatic imine (C=N–C) groups is 1. The Morgan fingerprint density at radius 2 is 1.96 bits per heavy atom. The zero-order valence-electron chi connectivity index (χ0n) is 15.1. The number of aromatic nitrogens is 1. The highest BCUT2D eigenvalue weighted by atomic mass is 32.1. The molecule has 5 heteroatoms. The first kappa shape index (κ1) is 17.4. The Hall–Kier alpha value is -2.66. The lowest BCUT2D eigenvalue weighted by Gasteiger charge is -2.12. The minimum absolute atomic E-state index is 0.219. The number of halogens is 2. The third-order valence-corrected chi connectivity index (χ3v) is 6.51. The summed E-state index contributed by atoms with van der Waals surface area (Å²) in [6.45, 7) is 0.698. The molecule has 2 nitrogen and oxygen atoms in total. The van der Waals surface area contributed by atoms with Gasteiger partial charge in [-0.25, -0.2) is 13.8 Å². The maximum atomic E-state index is 13.6. The highest BCUT2D eigenvalue weighted by molar-refractivity contribution is 7.21. The van der Waals surface area contributed by atoms with Crippen molar-refractivity contribution in [2.45, 2.75) is 24.9 Å². The second kappa shape index (κ2) is 7.06. The zero-order chi connectivity index (χ0) is 19.1. The van der Waals surface area contributed by atoms with Crippen LogP contribution in [-0.4, -0.2) is 23.4 Å². The minimum atomic E-state index is -0.915. The molecule has 5 rings (SSSR count). The first-order valence-corrected chi connectivity index (χ1v) is 10.2. The standard InChI is InChI=1S/C23H18F2N2S/c24-17-7-3-14(4-8-17)16-12-20(27-13-16)22-21(15-5-9-18(25)10-6-15)19-2-1-11-26-23(19)28-22/h1-9,11,16,18H,10,12-13H2. The number of benzene rings is 1. The van der Waals surface area contributed by atoms with Gasteiger partial charge >= 0.3 is 0 Å². The molecule has 0 bridgehead atoms. The lowest BCUT2D eigenvalue weighted by Crippen LogP contribution is -2.04. The summed E-state index contributed by atoms with van der Waals surface area (Å²) < 4.78 is 26.8. The van der Waals surface area contributed by atoms with E-state index in [1.54, 1.807) is 23.6 Å². The van der Waals surface area contributed by atoms with E-state index in [1.807, 2.05) is 30.4 Å². The molecule has 0 amide bonds. The molecule has 0 N–H and O–H groups in total. The van der Waals surface area contributed by atoms with E-state index in [9.17, 15) is 8.78 Å². The first-order valence-electron chi connectivity index (χ1n) is 9.38. The van der Waals surface area contributed by atoms with E-state index in [0.717, 1.165) is 43.9 Å². The van der Waals surface area contributed by atoms with Gasteiger partial charge in [0.2, 0.25) is 0 Å². The van der Waals surface area contributed by atoms with Gasteiger partial charge in [0.1, 0.15) is 16.8 Å². The van der Waals surface area contributed by atoms with Crippen molar-refractivity contribution in [3.8, 4) is 0 Å². The maximum Gasteiger partial charge on any atom is 0.124 e. The second-order valence-electron chi connectivity index (χ2n) is 7.17. The molecule has 2 unspecified atom stereocenters. The Bertz CT molecular complexity index is 1130. The molecule has 2 atom stereocenters. The van der Waals surface area contributed by atoms with Crippen LogP contribution < -0.4 is 0 Å². The molecule has 0 spiro atoms. The molecule has 0 saturated carbocycles. The molecule has 2 aliphatic rings. The van der Waals surface area contributed by atoms with E-state index in [1.165, 1.54) is 12.1 Å². The lowest BCUT2D eigenvalue weighted by molar-refractivity contribution is 0.402. The number of alkyl halides is 1. The second-order valence-corrected chi connectivity index (χ2v) is 8.17. The summed E-state index contributed by atoms with van der Waals surface area (Å²) in [6.07, 6.45) is 7.56. The smallest absolute Gasteiger partial charge is 0.124 e. The van der Waals surface area contributed by atoms with Gasteiger partial charge in [-0.2, -0.15) is 0 Å². The van der Waals surface area contributed by atoms with Crippen LogP contribution in [0.1, 0.15) is 34.8 Å². The molecule has 1 aliphatic carbocycles.